The van der Waals surface area contributed by atoms with Crippen molar-refractivity contribution >= 4 is 39.5 Å². The molecule has 0 bridgehead atoms. The molecule has 5 rings (SSSR count). The maximum Gasteiger partial charge on any atom is 0.378 e. The van der Waals surface area contributed by atoms with E-state index < -0.39 is 23.3 Å². The molecule has 0 saturated heterocycles. The SMILES string of the molecule is C=CC(=O)OOc1ccc2cc(C(=O)Oc3ccc(OC(=O)c4ccc5cc(O)ccc5c4)c(C(C)(C)C)c3)ccc2c1. The van der Waals surface area contributed by atoms with Gasteiger partial charge in [-0.3, -0.25) is 4.89 Å². The number of phenols is 1. The van der Waals surface area contributed by atoms with Gasteiger partial charge in [0.2, 0.25) is 0 Å². The van der Waals surface area contributed by atoms with E-state index in [1.54, 1.807) is 91.0 Å². The maximum absolute atomic E-state index is 13.1. The number of carbonyl (C=O) groups excluding carboxylic acids is 3. The van der Waals surface area contributed by atoms with E-state index in [0.717, 1.165) is 27.6 Å². The van der Waals surface area contributed by atoms with Crippen molar-refractivity contribution in [3.05, 3.63) is 120 Å². The van der Waals surface area contributed by atoms with Crippen LogP contribution < -0.4 is 14.4 Å². The Kier molecular flexibility index (Phi) is 7.86. The Labute approximate surface area is 247 Å². The first kappa shape index (κ1) is 28.9. The minimum absolute atomic E-state index is 0.147. The molecule has 0 aliphatic heterocycles. The van der Waals surface area contributed by atoms with Crippen LogP contribution in [-0.2, 0) is 15.1 Å². The van der Waals surface area contributed by atoms with Crippen LogP contribution in [0.1, 0.15) is 47.1 Å². The van der Waals surface area contributed by atoms with Gasteiger partial charge < -0.3 is 14.6 Å². The number of rotatable bonds is 7. The average molecular weight is 577 g/mol. The van der Waals surface area contributed by atoms with Crippen molar-refractivity contribution in [3.8, 4) is 23.0 Å². The van der Waals surface area contributed by atoms with Crippen LogP contribution in [0.5, 0.6) is 23.0 Å². The van der Waals surface area contributed by atoms with E-state index in [9.17, 15) is 19.5 Å². The van der Waals surface area contributed by atoms with Crippen LogP contribution in [0.15, 0.2) is 104 Å². The minimum atomic E-state index is -0.716. The Morgan fingerprint density at radius 3 is 1.88 bits per heavy atom. The molecule has 1 N–H and O–H groups in total. The van der Waals surface area contributed by atoms with Crippen molar-refractivity contribution in [2.75, 3.05) is 0 Å². The van der Waals surface area contributed by atoms with E-state index in [1.165, 1.54) is 0 Å². The summed E-state index contributed by atoms with van der Waals surface area (Å²) in [7, 11) is 0. The maximum atomic E-state index is 13.1. The number of phenolic OH excluding ortho intramolecular Hbond substituents is 1. The van der Waals surface area contributed by atoms with Crippen molar-refractivity contribution in [2.24, 2.45) is 0 Å². The summed E-state index contributed by atoms with van der Waals surface area (Å²) in [5, 5.41) is 12.8. The molecule has 0 aliphatic carbocycles. The van der Waals surface area contributed by atoms with Crippen LogP contribution in [0.3, 0.4) is 0 Å². The lowest BCUT2D eigenvalue weighted by Crippen LogP contribution is -2.17. The quantitative estimate of drug-likeness (QED) is 0.0699. The summed E-state index contributed by atoms with van der Waals surface area (Å²) < 4.78 is 11.5. The van der Waals surface area contributed by atoms with E-state index in [2.05, 4.69) is 11.5 Å². The molecule has 0 aromatic heterocycles. The highest BCUT2D eigenvalue weighted by molar-refractivity contribution is 5.98. The molecule has 0 aliphatic rings. The van der Waals surface area contributed by atoms with Gasteiger partial charge >= 0.3 is 17.9 Å². The second-order valence-corrected chi connectivity index (χ2v) is 10.8. The zero-order valence-corrected chi connectivity index (χ0v) is 23.7. The first-order valence-corrected chi connectivity index (χ1v) is 13.4. The third-order valence-corrected chi connectivity index (χ3v) is 6.67. The third-order valence-electron chi connectivity index (χ3n) is 6.67. The Morgan fingerprint density at radius 1 is 0.674 bits per heavy atom. The minimum Gasteiger partial charge on any atom is -0.508 e. The van der Waals surface area contributed by atoms with Crippen molar-refractivity contribution in [1.82, 2.24) is 0 Å². The lowest BCUT2D eigenvalue weighted by Gasteiger charge is -2.23. The second-order valence-electron chi connectivity index (χ2n) is 10.8. The fourth-order valence-electron chi connectivity index (χ4n) is 4.46. The molecule has 0 heterocycles. The Bertz CT molecular complexity index is 1900. The lowest BCUT2D eigenvalue weighted by molar-refractivity contribution is -0.207. The second kappa shape index (κ2) is 11.7. The molecule has 0 fully saturated rings. The van der Waals surface area contributed by atoms with Gasteiger partial charge in [-0.1, -0.05) is 51.6 Å². The van der Waals surface area contributed by atoms with Crippen molar-refractivity contribution in [3.63, 3.8) is 0 Å². The topological polar surface area (TPSA) is 108 Å². The number of fused-ring (bicyclic) bond motifs is 2. The highest BCUT2D eigenvalue weighted by atomic mass is 17.2. The van der Waals surface area contributed by atoms with Crippen LogP contribution in [-0.4, -0.2) is 23.0 Å². The Balaban J connectivity index is 1.33. The summed E-state index contributed by atoms with van der Waals surface area (Å²) in [5.74, 6) is -0.698. The average Bonchev–Trinajstić information content (AvgIpc) is 2.99. The predicted octanol–water partition coefficient (Wildman–Crippen LogP) is 7.46. The van der Waals surface area contributed by atoms with E-state index >= 15 is 0 Å². The fraction of sp³-hybridized carbons (Fsp3) is 0.114. The molecule has 8 nitrogen and oxygen atoms in total. The molecule has 8 heteroatoms. The first-order chi connectivity index (χ1) is 20.5. The highest BCUT2D eigenvalue weighted by Crippen LogP contribution is 2.35. The van der Waals surface area contributed by atoms with Gasteiger partial charge in [0.25, 0.3) is 0 Å². The smallest absolute Gasteiger partial charge is 0.378 e. The highest BCUT2D eigenvalue weighted by Gasteiger charge is 2.23. The van der Waals surface area contributed by atoms with E-state index in [0.29, 0.717) is 33.9 Å². The number of esters is 2. The number of benzene rings is 5. The zero-order valence-electron chi connectivity index (χ0n) is 23.7. The molecule has 5 aromatic rings. The molecule has 0 spiro atoms. The van der Waals surface area contributed by atoms with Crippen LogP contribution in [0.4, 0.5) is 0 Å². The molecular formula is C35H28O8. The molecule has 0 radical (unpaired) electrons. The largest absolute Gasteiger partial charge is 0.508 e. The summed E-state index contributed by atoms with van der Waals surface area (Å²) in [4.78, 5) is 46.9. The van der Waals surface area contributed by atoms with Gasteiger partial charge in [0.05, 0.1) is 11.1 Å². The number of ether oxygens (including phenoxy) is 2. The summed E-state index contributed by atoms with van der Waals surface area (Å²) in [5.41, 5.74) is 0.930. The summed E-state index contributed by atoms with van der Waals surface area (Å²) in [6, 6.07) is 24.9. The fourth-order valence-corrected chi connectivity index (χ4v) is 4.46. The van der Waals surface area contributed by atoms with Crippen LogP contribution in [0, 0.1) is 0 Å². The van der Waals surface area contributed by atoms with Crippen molar-refractivity contribution in [1.29, 1.82) is 0 Å². The third kappa shape index (κ3) is 6.65. The van der Waals surface area contributed by atoms with Crippen molar-refractivity contribution < 1.29 is 38.7 Å². The Hall–Kier alpha value is -5.63. The molecule has 0 amide bonds. The number of hydrogen-bond donors (Lipinski definition) is 1. The van der Waals surface area contributed by atoms with Gasteiger partial charge in [-0.15, -0.1) is 0 Å². The normalized spacial score (nSPS) is 11.1. The van der Waals surface area contributed by atoms with E-state index in [1.807, 2.05) is 20.8 Å². The molecule has 0 saturated carbocycles. The van der Waals surface area contributed by atoms with Crippen LogP contribution in [0.25, 0.3) is 21.5 Å². The standard InChI is InChI=1S/C35H28O8/c1-5-32(37)43-42-29-13-11-22-17-25(9-7-24(22)19-29)33(38)40-28-14-15-31(30(20-28)35(2,3)4)41-34(39)26-8-6-23-18-27(36)12-10-21(23)16-26/h5-20,36H,1H2,2-4H3. The number of carbonyl (C=O) groups is 3. The lowest BCUT2D eigenvalue weighted by atomic mass is 9.86. The molecule has 0 unspecified atom stereocenters. The van der Waals surface area contributed by atoms with Crippen molar-refractivity contribution in [2.45, 2.75) is 26.2 Å². The summed E-state index contributed by atoms with van der Waals surface area (Å²) >= 11 is 0. The van der Waals surface area contributed by atoms with Crippen LogP contribution >= 0.6 is 0 Å². The van der Waals surface area contributed by atoms with Gasteiger partial charge in [-0.2, -0.15) is 0 Å². The molecule has 5 aromatic carbocycles. The van der Waals surface area contributed by atoms with Gasteiger partial charge in [0, 0.05) is 11.6 Å². The number of aromatic hydroxyl groups is 1. The molecular weight excluding hydrogens is 548 g/mol. The van der Waals surface area contributed by atoms with Gasteiger partial charge in [-0.25, -0.2) is 19.3 Å². The zero-order chi connectivity index (χ0) is 30.7. The van der Waals surface area contributed by atoms with Gasteiger partial charge in [-0.05, 0) is 93.7 Å². The summed E-state index contributed by atoms with van der Waals surface area (Å²) in [6.45, 7) is 9.21. The predicted molar refractivity (Wildman–Crippen MR) is 162 cm³/mol. The molecule has 0 atom stereocenters. The Morgan fingerprint density at radius 2 is 1.23 bits per heavy atom. The molecule has 43 heavy (non-hydrogen) atoms. The van der Waals surface area contributed by atoms with Crippen LogP contribution in [0.2, 0.25) is 0 Å². The first-order valence-electron chi connectivity index (χ1n) is 13.4. The molecule has 216 valence electrons. The van der Waals surface area contributed by atoms with E-state index in [-0.39, 0.29) is 5.75 Å². The van der Waals surface area contributed by atoms with E-state index in [4.69, 9.17) is 14.4 Å². The van der Waals surface area contributed by atoms with Gasteiger partial charge in [0.15, 0.2) is 5.75 Å². The number of hydrogen-bond acceptors (Lipinski definition) is 8. The monoisotopic (exact) mass is 576 g/mol. The summed E-state index contributed by atoms with van der Waals surface area (Å²) in [6.07, 6.45) is 0.990. The van der Waals surface area contributed by atoms with Gasteiger partial charge in [0.1, 0.15) is 17.2 Å².